The molecule has 2 rings (SSSR count). The van der Waals surface area contributed by atoms with Gasteiger partial charge < -0.3 is 14.6 Å². The third-order valence-corrected chi connectivity index (χ3v) is 3.00. The largest absolute Gasteiger partial charge is 0.464 e. The fourth-order valence-corrected chi connectivity index (χ4v) is 2.10. The van der Waals surface area contributed by atoms with Crippen LogP contribution in [0, 0.1) is 0 Å². The van der Waals surface area contributed by atoms with Crippen molar-refractivity contribution in [3.05, 3.63) is 36.1 Å². The second-order valence-corrected chi connectivity index (χ2v) is 4.33. The topological polar surface area (TPSA) is 56.8 Å². The molecule has 0 aliphatic carbocycles. The summed E-state index contributed by atoms with van der Waals surface area (Å²) in [6.45, 7) is 2.42. The normalized spacial score (nSPS) is 11.5. The monoisotopic (exact) mass is 249 g/mol. The predicted octanol–water partition coefficient (Wildman–Crippen LogP) is 1.61. The molecular formula is C14H19NO3. The SMILES string of the molecule is OCCCN(CCO)Cc1coc2ccccc12. The molecule has 1 heterocycles. The van der Waals surface area contributed by atoms with Crippen molar-refractivity contribution in [1.29, 1.82) is 0 Å². The summed E-state index contributed by atoms with van der Waals surface area (Å²) in [4.78, 5) is 2.12. The van der Waals surface area contributed by atoms with Crippen LogP contribution >= 0.6 is 0 Å². The molecule has 0 radical (unpaired) electrons. The Hall–Kier alpha value is -1.36. The van der Waals surface area contributed by atoms with Crippen LogP contribution in [0.15, 0.2) is 34.9 Å². The number of aliphatic hydroxyl groups is 2. The summed E-state index contributed by atoms with van der Waals surface area (Å²) in [6.07, 6.45) is 2.49. The molecule has 0 aliphatic rings. The number of hydrogen-bond donors (Lipinski definition) is 2. The van der Waals surface area contributed by atoms with Gasteiger partial charge in [0.15, 0.2) is 0 Å². The van der Waals surface area contributed by atoms with E-state index in [2.05, 4.69) is 4.90 Å². The van der Waals surface area contributed by atoms with E-state index in [-0.39, 0.29) is 13.2 Å². The summed E-state index contributed by atoms with van der Waals surface area (Å²) in [5.41, 5.74) is 2.01. The van der Waals surface area contributed by atoms with Gasteiger partial charge in [-0.05, 0) is 12.5 Å². The highest BCUT2D eigenvalue weighted by atomic mass is 16.3. The van der Waals surface area contributed by atoms with E-state index >= 15 is 0 Å². The van der Waals surface area contributed by atoms with E-state index in [0.717, 1.165) is 36.0 Å². The third kappa shape index (κ3) is 3.10. The zero-order chi connectivity index (χ0) is 12.8. The third-order valence-electron chi connectivity index (χ3n) is 3.00. The van der Waals surface area contributed by atoms with Gasteiger partial charge in [0.1, 0.15) is 5.58 Å². The number of hydrogen-bond acceptors (Lipinski definition) is 4. The van der Waals surface area contributed by atoms with Crippen LogP contribution in [0.4, 0.5) is 0 Å². The average molecular weight is 249 g/mol. The zero-order valence-corrected chi connectivity index (χ0v) is 10.4. The van der Waals surface area contributed by atoms with Gasteiger partial charge in [0.25, 0.3) is 0 Å². The molecule has 1 aromatic carbocycles. The van der Waals surface area contributed by atoms with E-state index in [1.807, 2.05) is 24.3 Å². The van der Waals surface area contributed by atoms with Crippen molar-refractivity contribution in [2.75, 3.05) is 26.3 Å². The standard InChI is InChI=1S/C14H19NO3/c16-8-3-6-15(7-9-17)10-12-11-18-14-5-2-1-4-13(12)14/h1-2,4-5,11,16-17H,3,6-10H2. The van der Waals surface area contributed by atoms with Crippen molar-refractivity contribution in [3.8, 4) is 0 Å². The van der Waals surface area contributed by atoms with Crippen molar-refractivity contribution in [2.45, 2.75) is 13.0 Å². The Labute approximate surface area is 106 Å². The average Bonchev–Trinajstić information content (AvgIpc) is 2.80. The van der Waals surface area contributed by atoms with Gasteiger partial charge in [-0.3, -0.25) is 4.90 Å². The van der Waals surface area contributed by atoms with Gasteiger partial charge in [0.2, 0.25) is 0 Å². The first kappa shape index (κ1) is 13.1. The molecule has 4 heteroatoms. The molecule has 2 N–H and O–H groups in total. The van der Waals surface area contributed by atoms with Crippen molar-refractivity contribution in [2.24, 2.45) is 0 Å². The quantitative estimate of drug-likeness (QED) is 0.782. The molecule has 0 amide bonds. The molecule has 0 saturated carbocycles. The van der Waals surface area contributed by atoms with Crippen molar-refractivity contribution in [1.82, 2.24) is 4.90 Å². The highest BCUT2D eigenvalue weighted by Crippen LogP contribution is 2.21. The van der Waals surface area contributed by atoms with Crippen molar-refractivity contribution < 1.29 is 14.6 Å². The Morgan fingerprint density at radius 2 is 1.89 bits per heavy atom. The Kier molecular flexibility index (Phi) is 4.75. The van der Waals surface area contributed by atoms with Gasteiger partial charge in [0.05, 0.1) is 12.9 Å². The number of benzene rings is 1. The molecule has 0 unspecified atom stereocenters. The second kappa shape index (κ2) is 6.54. The van der Waals surface area contributed by atoms with E-state index in [0.29, 0.717) is 6.54 Å². The van der Waals surface area contributed by atoms with Crippen LogP contribution in [-0.4, -0.2) is 41.4 Å². The predicted molar refractivity (Wildman–Crippen MR) is 70.3 cm³/mol. The molecule has 0 bridgehead atoms. The lowest BCUT2D eigenvalue weighted by Gasteiger charge is -2.20. The van der Waals surface area contributed by atoms with Crippen LogP contribution in [-0.2, 0) is 6.54 Å². The van der Waals surface area contributed by atoms with Crippen LogP contribution in [0.2, 0.25) is 0 Å². The highest BCUT2D eigenvalue weighted by Gasteiger charge is 2.10. The van der Waals surface area contributed by atoms with Crippen LogP contribution in [0.1, 0.15) is 12.0 Å². The fourth-order valence-electron chi connectivity index (χ4n) is 2.10. The Bertz CT molecular complexity index is 481. The lowest BCUT2D eigenvalue weighted by Crippen LogP contribution is -2.28. The lowest BCUT2D eigenvalue weighted by atomic mass is 10.1. The molecule has 18 heavy (non-hydrogen) atoms. The maximum Gasteiger partial charge on any atom is 0.134 e. The van der Waals surface area contributed by atoms with Crippen LogP contribution < -0.4 is 0 Å². The zero-order valence-electron chi connectivity index (χ0n) is 10.4. The molecule has 2 aromatic rings. The molecule has 98 valence electrons. The van der Waals surface area contributed by atoms with E-state index < -0.39 is 0 Å². The summed E-state index contributed by atoms with van der Waals surface area (Å²) >= 11 is 0. The highest BCUT2D eigenvalue weighted by molar-refractivity contribution is 5.80. The number of para-hydroxylation sites is 1. The van der Waals surface area contributed by atoms with Crippen LogP contribution in [0.25, 0.3) is 11.0 Å². The molecule has 0 aliphatic heterocycles. The minimum atomic E-state index is 0.126. The fraction of sp³-hybridized carbons (Fsp3) is 0.429. The van der Waals surface area contributed by atoms with Gasteiger partial charge in [-0.1, -0.05) is 18.2 Å². The number of fused-ring (bicyclic) bond motifs is 1. The Morgan fingerprint density at radius 1 is 1.06 bits per heavy atom. The number of furan rings is 1. The van der Waals surface area contributed by atoms with E-state index in [1.165, 1.54) is 0 Å². The molecule has 1 aromatic heterocycles. The lowest BCUT2D eigenvalue weighted by molar-refractivity contribution is 0.174. The first-order valence-corrected chi connectivity index (χ1v) is 6.24. The summed E-state index contributed by atoms with van der Waals surface area (Å²) in [6, 6.07) is 7.93. The molecule has 0 spiro atoms. The number of aliphatic hydroxyl groups excluding tert-OH is 2. The summed E-state index contributed by atoms with van der Waals surface area (Å²) in [5.74, 6) is 0. The molecule has 0 fully saturated rings. The molecule has 0 atom stereocenters. The minimum absolute atomic E-state index is 0.126. The Balaban J connectivity index is 2.10. The van der Waals surface area contributed by atoms with Crippen molar-refractivity contribution >= 4 is 11.0 Å². The maximum absolute atomic E-state index is 9.05. The van der Waals surface area contributed by atoms with E-state index in [4.69, 9.17) is 14.6 Å². The van der Waals surface area contributed by atoms with Gasteiger partial charge in [-0.25, -0.2) is 0 Å². The summed E-state index contributed by atoms with van der Waals surface area (Å²) in [7, 11) is 0. The van der Waals surface area contributed by atoms with Crippen LogP contribution in [0.5, 0.6) is 0 Å². The first-order valence-electron chi connectivity index (χ1n) is 6.24. The van der Waals surface area contributed by atoms with E-state index in [9.17, 15) is 0 Å². The number of nitrogens with zero attached hydrogens (tertiary/aromatic N) is 1. The molecule has 0 saturated heterocycles. The second-order valence-electron chi connectivity index (χ2n) is 4.33. The summed E-state index contributed by atoms with van der Waals surface area (Å²) < 4.78 is 5.49. The molecular weight excluding hydrogens is 230 g/mol. The Morgan fingerprint density at radius 3 is 2.67 bits per heavy atom. The van der Waals surface area contributed by atoms with Gasteiger partial charge in [-0.2, -0.15) is 0 Å². The summed E-state index contributed by atoms with van der Waals surface area (Å²) in [5, 5.41) is 19.0. The number of rotatable bonds is 7. The minimum Gasteiger partial charge on any atom is -0.464 e. The van der Waals surface area contributed by atoms with Crippen LogP contribution in [0.3, 0.4) is 0 Å². The molecule has 4 nitrogen and oxygen atoms in total. The first-order chi connectivity index (χ1) is 8.85. The van der Waals surface area contributed by atoms with Gasteiger partial charge in [0, 0.05) is 37.2 Å². The smallest absolute Gasteiger partial charge is 0.134 e. The maximum atomic E-state index is 9.05. The van der Waals surface area contributed by atoms with Gasteiger partial charge >= 0.3 is 0 Å². The van der Waals surface area contributed by atoms with Gasteiger partial charge in [-0.15, -0.1) is 0 Å². The van der Waals surface area contributed by atoms with Crippen molar-refractivity contribution in [3.63, 3.8) is 0 Å². The van der Waals surface area contributed by atoms with E-state index in [1.54, 1.807) is 6.26 Å².